The van der Waals surface area contributed by atoms with E-state index in [1.54, 1.807) is 0 Å². The molecule has 1 aliphatic rings. The van der Waals surface area contributed by atoms with E-state index in [9.17, 15) is 5.26 Å². The average molecular weight is 297 g/mol. The van der Waals surface area contributed by atoms with Crippen LogP contribution in [0.2, 0.25) is 0 Å². The molecule has 1 heterocycles. The van der Waals surface area contributed by atoms with E-state index >= 15 is 0 Å². The van der Waals surface area contributed by atoms with Crippen LogP contribution in [0.15, 0.2) is 22.7 Å². The first-order valence-corrected chi connectivity index (χ1v) is 7.22. The van der Waals surface area contributed by atoms with Crippen molar-refractivity contribution in [3.8, 4) is 6.07 Å². The highest BCUT2D eigenvalue weighted by atomic mass is 79.9. The minimum Gasteiger partial charge on any atom is -0.366 e. The summed E-state index contributed by atoms with van der Waals surface area (Å²) in [5.41, 5.74) is 1.81. The Hall–Kier alpha value is -0.660. The first-order chi connectivity index (χ1) is 7.74. The van der Waals surface area contributed by atoms with Crippen molar-refractivity contribution in [2.24, 2.45) is 0 Å². The van der Waals surface area contributed by atoms with Gasteiger partial charge in [0.1, 0.15) is 6.07 Å². The van der Waals surface area contributed by atoms with Crippen LogP contribution in [0.1, 0.15) is 12.5 Å². The van der Waals surface area contributed by atoms with E-state index in [1.165, 1.54) is 0 Å². The molecule has 0 aliphatic carbocycles. The number of halogens is 1. The van der Waals surface area contributed by atoms with Crippen molar-refractivity contribution in [3.63, 3.8) is 0 Å². The molecule has 4 heteroatoms. The molecule has 1 saturated heterocycles. The fraction of sp³-hybridized carbons (Fsp3) is 0.417. The molecular formula is C12H13BrN2S. The van der Waals surface area contributed by atoms with Gasteiger partial charge in [-0.15, -0.1) is 0 Å². The van der Waals surface area contributed by atoms with Crippen molar-refractivity contribution in [2.45, 2.75) is 13.0 Å². The van der Waals surface area contributed by atoms with Crippen molar-refractivity contribution >= 4 is 33.4 Å². The summed E-state index contributed by atoms with van der Waals surface area (Å²) in [7, 11) is 0. The van der Waals surface area contributed by atoms with Crippen LogP contribution in [-0.2, 0) is 0 Å². The van der Waals surface area contributed by atoms with Gasteiger partial charge in [-0.3, -0.25) is 0 Å². The van der Waals surface area contributed by atoms with Crippen LogP contribution in [0.3, 0.4) is 0 Å². The lowest BCUT2D eigenvalue weighted by Gasteiger charge is -2.35. The van der Waals surface area contributed by atoms with Gasteiger partial charge in [0.2, 0.25) is 0 Å². The lowest BCUT2D eigenvalue weighted by Crippen LogP contribution is -2.40. The Morgan fingerprint density at radius 1 is 1.56 bits per heavy atom. The fourth-order valence-electron chi connectivity index (χ4n) is 1.95. The number of anilines is 1. The summed E-state index contributed by atoms with van der Waals surface area (Å²) in [6.07, 6.45) is 0. The normalized spacial score (nSPS) is 20.6. The van der Waals surface area contributed by atoms with Crippen LogP contribution in [0, 0.1) is 11.3 Å². The second kappa shape index (κ2) is 5.11. The highest BCUT2D eigenvalue weighted by Crippen LogP contribution is 2.30. The first kappa shape index (κ1) is 11.8. The molecular weight excluding hydrogens is 284 g/mol. The van der Waals surface area contributed by atoms with E-state index < -0.39 is 0 Å². The molecule has 0 amide bonds. The zero-order valence-corrected chi connectivity index (χ0v) is 11.5. The van der Waals surface area contributed by atoms with E-state index in [0.717, 1.165) is 33.8 Å². The third-order valence-corrected chi connectivity index (χ3v) is 4.63. The monoisotopic (exact) mass is 296 g/mol. The SMILES string of the molecule is CC1CSCCN1c1cccc(Br)c1C#N. The smallest absolute Gasteiger partial charge is 0.103 e. The zero-order valence-electron chi connectivity index (χ0n) is 9.11. The number of hydrogen-bond donors (Lipinski definition) is 0. The maximum atomic E-state index is 9.20. The minimum atomic E-state index is 0.500. The summed E-state index contributed by atoms with van der Waals surface area (Å²) < 4.78 is 0.887. The standard InChI is InChI=1S/C12H13BrN2S/c1-9-8-16-6-5-15(9)12-4-2-3-11(13)10(12)7-14/h2-4,9H,5-6,8H2,1H3. The number of nitrogens with zero attached hydrogens (tertiary/aromatic N) is 2. The summed E-state index contributed by atoms with van der Waals surface area (Å²) in [5, 5.41) is 9.20. The van der Waals surface area contributed by atoms with Gasteiger partial charge in [-0.1, -0.05) is 6.07 Å². The molecule has 1 atom stereocenters. The van der Waals surface area contributed by atoms with Crippen LogP contribution >= 0.6 is 27.7 Å². The van der Waals surface area contributed by atoms with Gasteiger partial charge in [0.25, 0.3) is 0 Å². The highest BCUT2D eigenvalue weighted by Gasteiger charge is 2.21. The highest BCUT2D eigenvalue weighted by molar-refractivity contribution is 9.10. The Bertz CT molecular complexity index is 428. The van der Waals surface area contributed by atoms with Gasteiger partial charge in [-0.25, -0.2) is 0 Å². The summed E-state index contributed by atoms with van der Waals surface area (Å²) >= 11 is 5.42. The summed E-state index contributed by atoms with van der Waals surface area (Å²) in [5.74, 6) is 2.28. The maximum Gasteiger partial charge on any atom is 0.103 e. The number of rotatable bonds is 1. The number of benzene rings is 1. The van der Waals surface area contributed by atoms with E-state index in [-0.39, 0.29) is 0 Å². The number of thioether (sulfide) groups is 1. The molecule has 1 aliphatic heterocycles. The molecule has 1 fully saturated rings. The van der Waals surface area contributed by atoms with Crippen molar-refractivity contribution in [3.05, 3.63) is 28.2 Å². The Labute approximate surface area is 109 Å². The quantitative estimate of drug-likeness (QED) is 0.796. The van der Waals surface area contributed by atoms with Crippen LogP contribution in [0.4, 0.5) is 5.69 Å². The van der Waals surface area contributed by atoms with Crippen molar-refractivity contribution < 1.29 is 0 Å². The molecule has 0 bridgehead atoms. The van der Waals surface area contributed by atoms with E-state index in [1.807, 2.05) is 30.0 Å². The van der Waals surface area contributed by atoms with E-state index in [0.29, 0.717) is 6.04 Å². The van der Waals surface area contributed by atoms with E-state index in [2.05, 4.69) is 33.8 Å². The molecule has 0 radical (unpaired) electrons. The Balaban J connectivity index is 2.39. The largest absolute Gasteiger partial charge is 0.366 e. The molecule has 1 unspecified atom stereocenters. The van der Waals surface area contributed by atoms with Crippen LogP contribution in [0.25, 0.3) is 0 Å². The maximum absolute atomic E-state index is 9.20. The second-order valence-corrected chi connectivity index (χ2v) is 5.87. The van der Waals surface area contributed by atoms with Crippen LogP contribution < -0.4 is 4.90 Å². The predicted octanol–water partition coefficient (Wildman–Crippen LogP) is 3.26. The van der Waals surface area contributed by atoms with Gasteiger partial charge in [0, 0.05) is 28.6 Å². The predicted molar refractivity (Wildman–Crippen MR) is 73.0 cm³/mol. The molecule has 0 spiro atoms. The van der Waals surface area contributed by atoms with Gasteiger partial charge < -0.3 is 4.90 Å². The van der Waals surface area contributed by atoms with Gasteiger partial charge in [0.05, 0.1) is 11.3 Å². The second-order valence-electron chi connectivity index (χ2n) is 3.86. The molecule has 16 heavy (non-hydrogen) atoms. The zero-order chi connectivity index (χ0) is 11.5. The number of hydrogen-bond acceptors (Lipinski definition) is 3. The van der Waals surface area contributed by atoms with Crippen molar-refractivity contribution in [2.75, 3.05) is 23.0 Å². The summed E-state index contributed by atoms with van der Waals surface area (Å²) in [6, 6.07) is 8.74. The van der Waals surface area contributed by atoms with Gasteiger partial charge in [-0.2, -0.15) is 17.0 Å². The van der Waals surface area contributed by atoms with Gasteiger partial charge >= 0.3 is 0 Å². The Morgan fingerprint density at radius 2 is 2.38 bits per heavy atom. The number of nitriles is 1. The van der Waals surface area contributed by atoms with Gasteiger partial charge in [0.15, 0.2) is 0 Å². The molecule has 2 rings (SSSR count). The van der Waals surface area contributed by atoms with Crippen LogP contribution in [0.5, 0.6) is 0 Å². The molecule has 0 aromatic heterocycles. The molecule has 2 nitrogen and oxygen atoms in total. The lowest BCUT2D eigenvalue weighted by molar-refractivity contribution is 0.699. The third-order valence-electron chi connectivity index (χ3n) is 2.78. The topological polar surface area (TPSA) is 27.0 Å². The third kappa shape index (κ3) is 2.21. The Morgan fingerprint density at radius 3 is 3.06 bits per heavy atom. The molecule has 0 N–H and O–H groups in total. The fourth-order valence-corrected chi connectivity index (χ4v) is 3.41. The minimum absolute atomic E-state index is 0.500. The van der Waals surface area contributed by atoms with Crippen molar-refractivity contribution in [1.29, 1.82) is 5.26 Å². The Kier molecular flexibility index (Phi) is 3.78. The van der Waals surface area contributed by atoms with Gasteiger partial charge in [-0.05, 0) is 35.0 Å². The van der Waals surface area contributed by atoms with Crippen LogP contribution in [-0.4, -0.2) is 24.1 Å². The molecule has 0 saturated carbocycles. The first-order valence-electron chi connectivity index (χ1n) is 5.27. The molecule has 1 aromatic carbocycles. The summed E-state index contributed by atoms with van der Waals surface area (Å²) in [4.78, 5) is 2.33. The van der Waals surface area contributed by atoms with E-state index in [4.69, 9.17) is 0 Å². The summed E-state index contributed by atoms with van der Waals surface area (Å²) in [6.45, 7) is 3.24. The van der Waals surface area contributed by atoms with Crippen molar-refractivity contribution in [1.82, 2.24) is 0 Å². The lowest BCUT2D eigenvalue weighted by atomic mass is 10.1. The molecule has 84 valence electrons. The average Bonchev–Trinajstić information content (AvgIpc) is 2.29. The molecule has 1 aromatic rings.